The summed E-state index contributed by atoms with van der Waals surface area (Å²) >= 11 is 0. The number of aldehydes is 1. The molecule has 0 bridgehead atoms. The molecule has 0 N–H and O–H groups in total. The smallest absolute Gasteiger partial charge is 0.150 e. The van der Waals surface area contributed by atoms with E-state index in [1.165, 1.54) is 19.2 Å². The van der Waals surface area contributed by atoms with Crippen LogP contribution < -0.4 is 4.74 Å². The summed E-state index contributed by atoms with van der Waals surface area (Å²) in [7, 11) is 1.46. The van der Waals surface area contributed by atoms with Crippen LogP contribution in [-0.2, 0) is 6.42 Å². The monoisotopic (exact) mass is 182 g/mol. The van der Waals surface area contributed by atoms with Crippen LogP contribution in [0.2, 0.25) is 0 Å². The Kier molecular flexibility index (Phi) is 3.01. The molecular weight excluding hydrogens is 171 g/mol. The lowest BCUT2D eigenvalue weighted by molar-refractivity contribution is 0.112. The van der Waals surface area contributed by atoms with E-state index in [2.05, 4.69) is 0 Å². The predicted molar refractivity (Wildman–Crippen MR) is 47.7 cm³/mol. The molecule has 0 saturated heterocycles. The van der Waals surface area contributed by atoms with Gasteiger partial charge in [-0.15, -0.1) is 0 Å². The van der Waals surface area contributed by atoms with Gasteiger partial charge in [-0.05, 0) is 18.6 Å². The molecule has 0 fully saturated rings. The molecule has 0 radical (unpaired) electrons. The van der Waals surface area contributed by atoms with E-state index in [1.54, 1.807) is 0 Å². The Morgan fingerprint density at radius 1 is 1.54 bits per heavy atom. The van der Waals surface area contributed by atoms with Crippen molar-refractivity contribution in [2.24, 2.45) is 0 Å². The summed E-state index contributed by atoms with van der Waals surface area (Å²) in [6, 6.07) is 2.75. The fourth-order valence-electron chi connectivity index (χ4n) is 1.22. The van der Waals surface area contributed by atoms with Gasteiger partial charge in [-0.3, -0.25) is 4.79 Å². The lowest BCUT2D eigenvalue weighted by Gasteiger charge is -2.07. The lowest BCUT2D eigenvalue weighted by Crippen LogP contribution is -1.96. The van der Waals surface area contributed by atoms with Crippen LogP contribution in [0, 0.1) is 5.82 Å². The second kappa shape index (κ2) is 4.03. The van der Waals surface area contributed by atoms with Gasteiger partial charge in [0.15, 0.2) is 0 Å². The van der Waals surface area contributed by atoms with Crippen molar-refractivity contribution in [3.05, 3.63) is 29.1 Å². The first kappa shape index (κ1) is 9.71. The Morgan fingerprint density at radius 3 is 2.69 bits per heavy atom. The van der Waals surface area contributed by atoms with Gasteiger partial charge in [-0.2, -0.15) is 0 Å². The lowest BCUT2D eigenvalue weighted by atomic mass is 10.1. The molecule has 0 heterocycles. The number of hydrogen-bond donors (Lipinski definition) is 0. The Balaban J connectivity index is 3.28. The highest BCUT2D eigenvalue weighted by Gasteiger charge is 2.09. The summed E-state index contributed by atoms with van der Waals surface area (Å²) in [5.41, 5.74) is 0.805. The number of carbonyl (C=O) groups excluding carboxylic acids is 1. The minimum absolute atomic E-state index is 0.298. The van der Waals surface area contributed by atoms with E-state index < -0.39 is 0 Å². The molecule has 0 spiro atoms. The van der Waals surface area contributed by atoms with E-state index in [9.17, 15) is 9.18 Å². The molecule has 2 nitrogen and oxygen atoms in total. The minimum Gasteiger partial charge on any atom is -0.496 e. The van der Waals surface area contributed by atoms with Gasteiger partial charge in [-0.1, -0.05) is 6.92 Å². The highest BCUT2D eigenvalue weighted by molar-refractivity contribution is 5.76. The molecule has 70 valence electrons. The largest absolute Gasteiger partial charge is 0.496 e. The van der Waals surface area contributed by atoms with Crippen molar-refractivity contribution in [1.82, 2.24) is 0 Å². The molecular formula is C10H11FO2. The SMILES string of the molecule is CCc1c(F)cc(C=O)cc1OC. The number of halogens is 1. The molecule has 1 aromatic rings. The summed E-state index contributed by atoms with van der Waals surface area (Å²) in [5, 5.41) is 0. The van der Waals surface area contributed by atoms with Crippen molar-refractivity contribution < 1.29 is 13.9 Å². The fraction of sp³-hybridized carbons (Fsp3) is 0.300. The molecule has 1 aromatic carbocycles. The predicted octanol–water partition coefficient (Wildman–Crippen LogP) is 2.21. The standard InChI is InChI=1S/C10H11FO2/c1-3-8-9(11)4-7(6-12)5-10(8)13-2/h4-6H,3H2,1-2H3. The second-order valence-electron chi connectivity index (χ2n) is 2.65. The normalized spacial score (nSPS) is 9.77. The van der Waals surface area contributed by atoms with Gasteiger partial charge in [0.2, 0.25) is 0 Å². The van der Waals surface area contributed by atoms with Crippen LogP contribution >= 0.6 is 0 Å². The first-order chi connectivity index (χ1) is 6.22. The van der Waals surface area contributed by atoms with Gasteiger partial charge in [-0.25, -0.2) is 4.39 Å². The summed E-state index contributed by atoms with van der Waals surface area (Å²) < 4.78 is 18.2. The van der Waals surface area contributed by atoms with Crippen molar-refractivity contribution in [3.8, 4) is 5.75 Å². The maximum Gasteiger partial charge on any atom is 0.150 e. The number of benzene rings is 1. The van der Waals surface area contributed by atoms with Crippen molar-refractivity contribution in [3.63, 3.8) is 0 Å². The zero-order valence-electron chi connectivity index (χ0n) is 7.63. The van der Waals surface area contributed by atoms with E-state index in [-0.39, 0.29) is 5.82 Å². The third-order valence-electron chi connectivity index (χ3n) is 1.89. The fourth-order valence-corrected chi connectivity index (χ4v) is 1.22. The average Bonchev–Trinajstić information content (AvgIpc) is 2.16. The number of rotatable bonds is 3. The molecule has 0 aliphatic heterocycles. The third-order valence-corrected chi connectivity index (χ3v) is 1.89. The number of carbonyl (C=O) groups is 1. The van der Waals surface area contributed by atoms with Crippen molar-refractivity contribution >= 4 is 6.29 Å². The number of ether oxygens (including phenoxy) is 1. The van der Waals surface area contributed by atoms with E-state index in [4.69, 9.17) is 4.74 Å². The Labute approximate surface area is 76.3 Å². The molecule has 0 aliphatic carbocycles. The molecule has 1 rings (SSSR count). The zero-order chi connectivity index (χ0) is 9.84. The summed E-state index contributed by atoms with van der Waals surface area (Å²) in [4.78, 5) is 10.4. The van der Waals surface area contributed by atoms with Crippen molar-refractivity contribution in [1.29, 1.82) is 0 Å². The molecule has 0 aliphatic rings. The first-order valence-electron chi connectivity index (χ1n) is 4.04. The van der Waals surface area contributed by atoms with Gasteiger partial charge in [0.25, 0.3) is 0 Å². The van der Waals surface area contributed by atoms with Crippen LogP contribution in [-0.4, -0.2) is 13.4 Å². The number of hydrogen-bond acceptors (Lipinski definition) is 2. The van der Waals surface area contributed by atoms with Gasteiger partial charge in [0, 0.05) is 11.1 Å². The van der Waals surface area contributed by atoms with Gasteiger partial charge >= 0.3 is 0 Å². The molecule has 0 unspecified atom stereocenters. The van der Waals surface area contributed by atoms with Crippen LogP contribution in [0.15, 0.2) is 12.1 Å². The van der Waals surface area contributed by atoms with E-state index >= 15 is 0 Å². The Hall–Kier alpha value is -1.38. The average molecular weight is 182 g/mol. The minimum atomic E-state index is -0.385. The first-order valence-corrected chi connectivity index (χ1v) is 4.04. The van der Waals surface area contributed by atoms with Crippen LogP contribution in [0.4, 0.5) is 4.39 Å². The molecule has 0 atom stereocenters. The van der Waals surface area contributed by atoms with Crippen LogP contribution in [0.25, 0.3) is 0 Å². The van der Waals surface area contributed by atoms with Gasteiger partial charge < -0.3 is 4.74 Å². The zero-order valence-corrected chi connectivity index (χ0v) is 7.63. The molecule has 13 heavy (non-hydrogen) atoms. The highest BCUT2D eigenvalue weighted by atomic mass is 19.1. The third kappa shape index (κ3) is 1.86. The summed E-state index contributed by atoms with van der Waals surface area (Å²) in [6.07, 6.45) is 1.15. The molecule has 3 heteroatoms. The topological polar surface area (TPSA) is 26.3 Å². The maximum absolute atomic E-state index is 13.2. The van der Waals surface area contributed by atoms with Crippen molar-refractivity contribution in [2.75, 3.05) is 7.11 Å². The van der Waals surface area contributed by atoms with Gasteiger partial charge in [0.1, 0.15) is 17.9 Å². The van der Waals surface area contributed by atoms with Crippen molar-refractivity contribution in [2.45, 2.75) is 13.3 Å². The molecule has 0 saturated carbocycles. The summed E-state index contributed by atoms with van der Waals surface area (Å²) in [6.45, 7) is 1.83. The van der Waals surface area contributed by atoms with Gasteiger partial charge in [0.05, 0.1) is 7.11 Å². The Morgan fingerprint density at radius 2 is 2.23 bits per heavy atom. The van der Waals surface area contributed by atoms with Crippen LogP contribution in [0.5, 0.6) is 5.75 Å². The number of methoxy groups -OCH3 is 1. The molecule has 0 aromatic heterocycles. The second-order valence-corrected chi connectivity index (χ2v) is 2.65. The van der Waals surface area contributed by atoms with E-state index in [1.807, 2.05) is 6.92 Å². The Bertz CT molecular complexity index is 321. The van der Waals surface area contributed by atoms with E-state index in [0.29, 0.717) is 29.6 Å². The van der Waals surface area contributed by atoms with Crippen LogP contribution in [0.3, 0.4) is 0 Å². The highest BCUT2D eigenvalue weighted by Crippen LogP contribution is 2.23. The van der Waals surface area contributed by atoms with Crippen LogP contribution in [0.1, 0.15) is 22.8 Å². The van der Waals surface area contributed by atoms with E-state index in [0.717, 1.165) is 0 Å². The summed E-state index contributed by atoms with van der Waals surface area (Å²) in [5.74, 6) is 0.0496. The maximum atomic E-state index is 13.2. The molecule has 0 amide bonds. The quantitative estimate of drug-likeness (QED) is 0.670.